The number of amides is 1. The van der Waals surface area contributed by atoms with Gasteiger partial charge in [-0.1, -0.05) is 90.5 Å². The molecule has 186 valence electrons. The molecule has 1 amide bonds. The summed E-state index contributed by atoms with van der Waals surface area (Å²) >= 11 is 7.08. The van der Waals surface area contributed by atoms with Crippen molar-refractivity contribution < 1.29 is 19.5 Å². The van der Waals surface area contributed by atoms with Crippen LogP contribution in [0.3, 0.4) is 0 Å². The van der Waals surface area contributed by atoms with Gasteiger partial charge in [0.15, 0.2) is 12.2 Å². The fourth-order valence-electron chi connectivity index (χ4n) is 4.38. The Morgan fingerprint density at radius 2 is 1.24 bits per heavy atom. The van der Waals surface area contributed by atoms with Crippen LogP contribution >= 0.6 is 11.6 Å². The molecule has 4 aromatic rings. The third-order valence-corrected chi connectivity index (χ3v) is 6.54. The van der Waals surface area contributed by atoms with Gasteiger partial charge in [0.1, 0.15) is 11.5 Å². The number of carbonyl (C=O) groups excluding carboxylic acids is 1. The van der Waals surface area contributed by atoms with E-state index in [4.69, 9.17) is 21.1 Å². The number of benzene rings is 4. The zero-order valence-corrected chi connectivity index (χ0v) is 20.6. The first-order chi connectivity index (χ1) is 18.2. The van der Waals surface area contributed by atoms with E-state index in [9.17, 15) is 10.0 Å². The number of rotatable bonds is 8. The van der Waals surface area contributed by atoms with Gasteiger partial charge in [0.25, 0.3) is 5.91 Å². The first kappa shape index (κ1) is 24.4. The average molecular weight is 513 g/mol. The molecule has 4 aromatic carbocycles. The summed E-state index contributed by atoms with van der Waals surface area (Å²) in [4.78, 5) is 12.2. The van der Waals surface area contributed by atoms with Crippen molar-refractivity contribution in [2.75, 3.05) is 0 Å². The normalized spacial score (nSPS) is 16.5. The summed E-state index contributed by atoms with van der Waals surface area (Å²) < 4.78 is 12.8. The Labute approximate surface area is 220 Å². The first-order valence-corrected chi connectivity index (χ1v) is 12.2. The van der Waals surface area contributed by atoms with Gasteiger partial charge in [0.05, 0.1) is 10.7 Å². The summed E-state index contributed by atoms with van der Waals surface area (Å²) in [7, 11) is 0. The number of ether oxygens (including phenoxy) is 2. The summed E-state index contributed by atoms with van der Waals surface area (Å²) in [5, 5.41) is 13.0. The Kier molecular flexibility index (Phi) is 7.40. The van der Waals surface area contributed by atoms with Crippen molar-refractivity contribution in [1.29, 1.82) is 0 Å². The van der Waals surface area contributed by atoms with E-state index in [-0.39, 0.29) is 6.54 Å². The molecule has 0 saturated carbocycles. The molecule has 2 atom stereocenters. The van der Waals surface area contributed by atoms with Crippen LogP contribution in [0, 0.1) is 0 Å². The molecule has 0 heterocycles. The maximum atomic E-state index is 12.2. The molecule has 0 saturated heterocycles. The Morgan fingerprint density at radius 3 is 1.86 bits per heavy atom. The molecule has 0 radical (unpaired) electrons. The summed E-state index contributed by atoms with van der Waals surface area (Å²) in [6.07, 6.45) is -1.10. The quantitative estimate of drug-likeness (QED) is 0.191. The standard InChI is InChI=1S/C30H25ClN2O4/c31-26-27(32-19-20-11-7-8-16-23(20)30(34)33-35)29(37-22-14-5-2-6-15-22)25-18-10-9-17-24(25)28(26)36-21-12-3-1-4-13-21/h1-18,28-29,32,35H,19H2,(H,33,34). The molecule has 1 aliphatic rings. The Morgan fingerprint density at radius 1 is 0.730 bits per heavy atom. The van der Waals surface area contributed by atoms with E-state index in [0.29, 0.717) is 33.4 Å². The predicted molar refractivity (Wildman–Crippen MR) is 141 cm³/mol. The van der Waals surface area contributed by atoms with Gasteiger partial charge in [-0.05, 0) is 35.9 Å². The minimum Gasteiger partial charge on any atom is -0.480 e. The number of hydrogen-bond acceptors (Lipinski definition) is 5. The van der Waals surface area contributed by atoms with Gasteiger partial charge in [-0.15, -0.1) is 0 Å². The highest BCUT2D eigenvalue weighted by Crippen LogP contribution is 2.45. The lowest BCUT2D eigenvalue weighted by molar-refractivity contribution is 0.0705. The van der Waals surface area contributed by atoms with E-state index in [1.165, 1.54) is 0 Å². The highest BCUT2D eigenvalue weighted by atomic mass is 35.5. The van der Waals surface area contributed by atoms with Crippen LogP contribution in [0.4, 0.5) is 0 Å². The van der Waals surface area contributed by atoms with Crippen LogP contribution in [0.25, 0.3) is 0 Å². The number of nitrogens with one attached hydrogen (secondary N) is 2. The van der Waals surface area contributed by atoms with Gasteiger partial charge >= 0.3 is 0 Å². The summed E-state index contributed by atoms with van der Waals surface area (Å²) in [5.41, 5.74) is 5.19. The fourth-order valence-corrected chi connectivity index (χ4v) is 4.71. The highest BCUT2D eigenvalue weighted by Gasteiger charge is 2.36. The van der Waals surface area contributed by atoms with E-state index in [1.807, 2.05) is 97.1 Å². The molecular formula is C30H25ClN2O4. The molecule has 2 unspecified atom stereocenters. The molecule has 0 aromatic heterocycles. The monoisotopic (exact) mass is 512 g/mol. The smallest absolute Gasteiger partial charge is 0.274 e. The molecule has 37 heavy (non-hydrogen) atoms. The van der Waals surface area contributed by atoms with Gasteiger partial charge < -0.3 is 14.8 Å². The third kappa shape index (κ3) is 5.31. The van der Waals surface area contributed by atoms with Gasteiger partial charge in [-0.3, -0.25) is 10.0 Å². The van der Waals surface area contributed by atoms with Crippen LogP contribution in [0.15, 0.2) is 120 Å². The second-order valence-electron chi connectivity index (χ2n) is 8.46. The number of fused-ring (bicyclic) bond motifs is 1. The summed E-state index contributed by atoms with van der Waals surface area (Å²) in [6.45, 7) is 0.268. The Bertz CT molecular complexity index is 1410. The zero-order valence-electron chi connectivity index (χ0n) is 19.8. The first-order valence-electron chi connectivity index (χ1n) is 11.8. The minimum atomic E-state index is -0.589. The van der Waals surface area contributed by atoms with Crippen LogP contribution < -0.4 is 20.3 Å². The van der Waals surface area contributed by atoms with Crippen LogP contribution in [0.1, 0.15) is 39.3 Å². The van der Waals surface area contributed by atoms with Crippen molar-refractivity contribution in [3.8, 4) is 11.5 Å². The van der Waals surface area contributed by atoms with Gasteiger partial charge in [0.2, 0.25) is 0 Å². The molecule has 3 N–H and O–H groups in total. The molecule has 0 bridgehead atoms. The molecule has 0 aliphatic heterocycles. The fraction of sp³-hybridized carbons (Fsp3) is 0.100. The number of hydroxylamine groups is 1. The second-order valence-corrected chi connectivity index (χ2v) is 8.87. The lowest BCUT2D eigenvalue weighted by Gasteiger charge is -2.34. The maximum Gasteiger partial charge on any atom is 0.274 e. The topological polar surface area (TPSA) is 79.8 Å². The Balaban J connectivity index is 1.55. The highest BCUT2D eigenvalue weighted by molar-refractivity contribution is 6.30. The number of carbonyl (C=O) groups is 1. The lowest BCUT2D eigenvalue weighted by atomic mass is 9.89. The second kappa shape index (κ2) is 11.2. The molecule has 6 nitrogen and oxygen atoms in total. The lowest BCUT2D eigenvalue weighted by Crippen LogP contribution is -2.31. The zero-order chi connectivity index (χ0) is 25.6. The molecule has 7 heteroatoms. The molecule has 0 spiro atoms. The van der Waals surface area contributed by atoms with E-state index in [1.54, 1.807) is 17.6 Å². The van der Waals surface area contributed by atoms with Crippen LogP contribution in [0.2, 0.25) is 0 Å². The van der Waals surface area contributed by atoms with Crippen molar-refractivity contribution in [2.45, 2.75) is 18.8 Å². The van der Waals surface area contributed by atoms with Gasteiger partial charge in [0, 0.05) is 23.2 Å². The molecule has 1 aliphatic carbocycles. The number of para-hydroxylation sites is 2. The maximum absolute atomic E-state index is 12.2. The molecule has 0 fully saturated rings. The van der Waals surface area contributed by atoms with Crippen LogP contribution in [0.5, 0.6) is 11.5 Å². The third-order valence-electron chi connectivity index (χ3n) is 6.14. The van der Waals surface area contributed by atoms with E-state index >= 15 is 0 Å². The average Bonchev–Trinajstić information content (AvgIpc) is 2.95. The van der Waals surface area contributed by atoms with Crippen molar-refractivity contribution in [3.05, 3.63) is 142 Å². The van der Waals surface area contributed by atoms with Crippen LogP contribution in [-0.2, 0) is 6.54 Å². The van der Waals surface area contributed by atoms with Gasteiger partial charge in [-0.25, -0.2) is 5.48 Å². The predicted octanol–water partition coefficient (Wildman–Crippen LogP) is 6.30. The van der Waals surface area contributed by atoms with Crippen molar-refractivity contribution >= 4 is 17.5 Å². The van der Waals surface area contributed by atoms with Crippen molar-refractivity contribution in [2.24, 2.45) is 0 Å². The SMILES string of the molecule is O=C(NO)c1ccccc1CNC1=C(Cl)C(Oc2ccccc2)c2ccccc2C1Oc1ccccc1. The van der Waals surface area contributed by atoms with E-state index < -0.39 is 18.1 Å². The largest absolute Gasteiger partial charge is 0.480 e. The summed E-state index contributed by atoms with van der Waals surface area (Å²) in [6, 6.07) is 34.0. The van der Waals surface area contributed by atoms with Crippen LogP contribution in [-0.4, -0.2) is 11.1 Å². The molecule has 5 rings (SSSR count). The number of halogens is 1. The number of hydrogen-bond donors (Lipinski definition) is 3. The molecular weight excluding hydrogens is 488 g/mol. The van der Waals surface area contributed by atoms with E-state index in [0.717, 1.165) is 11.1 Å². The van der Waals surface area contributed by atoms with Crippen molar-refractivity contribution in [1.82, 2.24) is 10.8 Å². The summed E-state index contributed by atoms with van der Waals surface area (Å²) in [5.74, 6) is 0.787. The Hall–Kier alpha value is -4.26. The van der Waals surface area contributed by atoms with Gasteiger partial charge in [-0.2, -0.15) is 0 Å². The minimum absolute atomic E-state index is 0.268. The van der Waals surface area contributed by atoms with E-state index in [2.05, 4.69) is 5.32 Å². The van der Waals surface area contributed by atoms with Crippen molar-refractivity contribution in [3.63, 3.8) is 0 Å².